The number of hydrogen-bond donors (Lipinski definition) is 3. The highest BCUT2D eigenvalue weighted by atomic mass is 16.6. The zero-order valence-electron chi connectivity index (χ0n) is 21.1. The van der Waals surface area contributed by atoms with E-state index < -0.39 is 24.5 Å². The van der Waals surface area contributed by atoms with Crippen molar-refractivity contribution in [1.29, 1.82) is 0 Å². The Balaban J connectivity index is 1.46. The van der Waals surface area contributed by atoms with Crippen molar-refractivity contribution in [2.45, 2.75) is 121 Å². The van der Waals surface area contributed by atoms with E-state index in [1.54, 1.807) is 0 Å². The quantitative estimate of drug-likeness (QED) is 0.279. The lowest BCUT2D eigenvalue weighted by Crippen LogP contribution is -2.42. The van der Waals surface area contributed by atoms with Crippen LogP contribution in [0.2, 0.25) is 0 Å². The first-order valence-corrected chi connectivity index (χ1v) is 13.4. The largest absolute Gasteiger partial charge is 0.492 e. The van der Waals surface area contributed by atoms with Crippen molar-refractivity contribution < 1.29 is 24.9 Å². The van der Waals surface area contributed by atoms with Gasteiger partial charge in [0.1, 0.15) is 18.8 Å². The minimum absolute atomic E-state index is 0.00821. The average molecular weight is 491 g/mol. The number of aliphatic hydroxyl groups excluding tert-OH is 2. The van der Waals surface area contributed by atoms with Gasteiger partial charge in [0.15, 0.2) is 16.9 Å². The highest BCUT2D eigenvalue weighted by molar-refractivity contribution is 5.88. The van der Waals surface area contributed by atoms with Gasteiger partial charge in [-0.1, -0.05) is 84.0 Å². The molecule has 3 rings (SSSR count). The number of fused-ring (bicyclic) bond motifs is 1. The number of nitrogens with zero attached hydrogens (tertiary/aromatic N) is 4. The molecule has 0 spiro atoms. The van der Waals surface area contributed by atoms with Gasteiger partial charge < -0.3 is 20.1 Å². The van der Waals surface area contributed by atoms with Gasteiger partial charge in [0.2, 0.25) is 11.6 Å². The van der Waals surface area contributed by atoms with Crippen molar-refractivity contribution in [3.05, 3.63) is 12.7 Å². The van der Waals surface area contributed by atoms with Crippen LogP contribution in [0.15, 0.2) is 12.7 Å². The first-order valence-electron chi connectivity index (χ1n) is 13.4. The Morgan fingerprint density at radius 3 is 2.17 bits per heavy atom. The van der Waals surface area contributed by atoms with Gasteiger partial charge in [-0.3, -0.25) is 9.36 Å². The van der Waals surface area contributed by atoms with E-state index in [2.05, 4.69) is 21.9 Å². The van der Waals surface area contributed by atoms with Crippen LogP contribution < -0.4 is 0 Å². The fourth-order valence-corrected chi connectivity index (χ4v) is 5.01. The molecule has 1 saturated heterocycles. The summed E-state index contributed by atoms with van der Waals surface area (Å²) in [5, 5.41) is 30.0. The topological polar surface area (TPSA) is 131 Å². The Kier molecular flexibility index (Phi) is 10.9. The monoisotopic (exact) mass is 490 g/mol. The Morgan fingerprint density at radius 1 is 1.00 bits per heavy atom. The average Bonchev–Trinajstić information content (AvgIpc) is 3.44. The number of unbranched alkanes of at least 4 members (excludes halogenated alkanes) is 12. The number of ketones is 1. The number of aromatic hydroxyl groups is 1. The first-order chi connectivity index (χ1) is 17.0. The molecule has 3 N–H and O–H groups in total. The van der Waals surface area contributed by atoms with Gasteiger partial charge in [-0.25, -0.2) is 9.97 Å². The normalized spacial score (nSPS) is 22.3. The third kappa shape index (κ3) is 6.98. The van der Waals surface area contributed by atoms with Crippen molar-refractivity contribution in [1.82, 2.24) is 19.5 Å². The molecular formula is C26H42N4O5. The zero-order chi connectivity index (χ0) is 25.1. The Hall–Kier alpha value is -2.10. The molecule has 2 aromatic rings. The van der Waals surface area contributed by atoms with Gasteiger partial charge in [0, 0.05) is 12.8 Å². The van der Waals surface area contributed by atoms with E-state index in [9.17, 15) is 20.1 Å². The molecule has 0 bridgehead atoms. The number of imidazole rings is 1. The molecule has 9 heteroatoms. The molecular weight excluding hydrogens is 448 g/mol. The number of ether oxygens (including phenoxy) is 1. The third-order valence-corrected chi connectivity index (χ3v) is 7.09. The van der Waals surface area contributed by atoms with E-state index in [-0.39, 0.29) is 29.2 Å². The molecule has 35 heavy (non-hydrogen) atoms. The summed E-state index contributed by atoms with van der Waals surface area (Å²) >= 11 is 0. The van der Waals surface area contributed by atoms with E-state index >= 15 is 0 Å². The maximum atomic E-state index is 13.4. The third-order valence-electron chi connectivity index (χ3n) is 7.09. The molecule has 3 heterocycles. The minimum atomic E-state index is -1.51. The second-order valence-corrected chi connectivity index (χ2v) is 9.79. The summed E-state index contributed by atoms with van der Waals surface area (Å²) in [6.45, 7) is 1.85. The van der Waals surface area contributed by atoms with E-state index in [1.165, 1.54) is 81.4 Å². The van der Waals surface area contributed by atoms with Crippen LogP contribution in [-0.4, -0.2) is 59.4 Å². The lowest BCUT2D eigenvalue weighted by Gasteiger charge is -2.29. The van der Waals surface area contributed by atoms with Crippen molar-refractivity contribution >= 4 is 16.9 Å². The summed E-state index contributed by atoms with van der Waals surface area (Å²) in [6, 6.07) is 0. The number of aromatic nitrogens is 4. The van der Waals surface area contributed by atoms with Gasteiger partial charge in [-0.2, -0.15) is 4.98 Å². The second-order valence-electron chi connectivity index (χ2n) is 9.79. The standard InChI is InChI=1S/C26H42N4O5/c1-2-3-4-5-6-7-8-9-10-11-12-13-14-15-22(33)26(16-20(32)21(17-31)35-26)30-19-29-23-24(30)27-18-28-25(23)34/h18-21,31-32H,2-17H2,1H3,(H,27,28,34)/t20-,21+,26-/m0/s1. The van der Waals surface area contributed by atoms with Crippen molar-refractivity contribution in [2.24, 2.45) is 0 Å². The Bertz CT molecular complexity index is 920. The van der Waals surface area contributed by atoms with Crippen LogP contribution in [0.5, 0.6) is 5.88 Å². The summed E-state index contributed by atoms with van der Waals surface area (Å²) in [7, 11) is 0. The molecule has 1 aliphatic rings. The van der Waals surface area contributed by atoms with Crippen molar-refractivity contribution in [3.8, 4) is 5.88 Å². The van der Waals surface area contributed by atoms with Gasteiger partial charge in [0.25, 0.3) is 0 Å². The van der Waals surface area contributed by atoms with Crippen LogP contribution in [0, 0.1) is 0 Å². The molecule has 0 saturated carbocycles. The summed E-state index contributed by atoms with van der Waals surface area (Å²) in [4.78, 5) is 25.5. The molecule has 0 amide bonds. The molecule has 2 aromatic heterocycles. The van der Waals surface area contributed by atoms with Gasteiger partial charge in [-0.15, -0.1) is 0 Å². The lowest BCUT2D eigenvalue weighted by atomic mass is 9.96. The summed E-state index contributed by atoms with van der Waals surface area (Å²) in [6.07, 6.45) is 16.9. The predicted octanol–water partition coefficient (Wildman–Crippen LogP) is 4.38. The highest BCUT2D eigenvalue weighted by Crippen LogP contribution is 2.39. The van der Waals surface area contributed by atoms with Crippen LogP contribution in [0.3, 0.4) is 0 Å². The molecule has 0 radical (unpaired) electrons. The maximum Gasteiger partial charge on any atom is 0.242 e. The van der Waals surface area contributed by atoms with E-state index in [1.807, 2.05) is 0 Å². The highest BCUT2D eigenvalue weighted by Gasteiger charge is 2.52. The smallest absolute Gasteiger partial charge is 0.242 e. The second kappa shape index (κ2) is 13.8. The molecule has 0 unspecified atom stereocenters. The summed E-state index contributed by atoms with van der Waals surface area (Å²) < 4.78 is 7.43. The van der Waals surface area contributed by atoms with E-state index in [4.69, 9.17) is 4.74 Å². The molecule has 0 aliphatic carbocycles. The fraction of sp³-hybridized carbons (Fsp3) is 0.769. The van der Waals surface area contributed by atoms with Crippen molar-refractivity contribution in [3.63, 3.8) is 0 Å². The molecule has 0 aromatic carbocycles. The zero-order valence-corrected chi connectivity index (χ0v) is 21.1. The van der Waals surface area contributed by atoms with Gasteiger partial charge >= 0.3 is 0 Å². The van der Waals surface area contributed by atoms with Crippen LogP contribution in [-0.2, 0) is 15.3 Å². The number of Topliss-reactive ketones (excluding diaryl/α,β-unsaturated/α-hetero) is 1. The van der Waals surface area contributed by atoms with Crippen LogP contribution in [0.1, 0.15) is 103 Å². The number of carbonyl (C=O) groups excluding carboxylic acids is 1. The van der Waals surface area contributed by atoms with E-state index in [0.717, 1.165) is 19.3 Å². The van der Waals surface area contributed by atoms with Crippen LogP contribution in [0.4, 0.5) is 0 Å². The first kappa shape index (κ1) is 27.5. The SMILES string of the molecule is CCCCCCCCCCCCCCCC(=O)[C@]1(n2cnc3c(O)ncnc32)C[C@H](O)[C@@H](CO)O1. The lowest BCUT2D eigenvalue weighted by molar-refractivity contribution is -0.160. The van der Waals surface area contributed by atoms with Gasteiger partial charge in [0.05, 0.1) is 12.7 Å². The number of rotatable bonds is 17. The Labute approximate surface area is 208 Å². The van der Waals surface area contributed by atoms with Crippen LogP contribution >= 0.6 is 0 Å². The number of carbonyl (C=O) groups is 1. The Morgan fingerprint density at radius 2 is 1.60 bits per heavy atom. The van der Waals surface area contributed by atoms with E-state index in [0.29, 0.717) is 6.42 Å². The maximum absolute atomic E-state index is 13.4. The molecule has 9 nitrogen and oxygen atoms in total. The van der Waals surface area contributed by atoms with Crippen LogP contribution in [0.25, 0.3) is 11.2 Å². The number of aliphatic hydroxyl groups is 2. The van der Waals surface area contributed by atoms with Gasteiger partial charge in [-0.05, 0) is 6.42 Å². The summed E-state index contributed by atoms with van der Waals surface area (Å²) in [5.74, 6) is -0.474. The molecule has 1 aliphatic heterocycles. The predicted molar refractivity (Wildman–Crippen MR) is 133 cm³/mol. The molecule has 1 fully saturated rings. The molecule has 196 valence electrons. The summed E-state index contributed by atoms with van der Waals surface area (Å²) in [5.41, 5.74) is -1.10. The molecule has 3 atom stereocenters. The number of hydrogen-bond acceptors (Lipinski definition) is 8. The minimum Gasteiger partial charge on any atom is -0.492 e. The van der Waals surface area contributed by atoms with Crippen molar-refractivity contribution in [2.75, 3.05) is 6.61 Å². The fourth-order valence-electron chi connectivity index (χ4n) is 5.01.